The number of fused-ring (bicyclic) bond motifs is 2. The van der Waals surface area contributed by atoms with Crippen molar-refractivity contribution in [3.05, 3.63) is 117 Å². The van der Waals surface area contributed by atoms with E-state index in [0.29, 0.717) is 31.1 Å². The Kier molecular flexibility index (Phi) is 6.24. The molecular formula is C29H28N6O2. The number of rotatable bonds is 7. The van der Waals surface area contributed by atoms with Crippen molar-refractivity contribution in [1.29, 1.82) is 0 Å². The van der Waals surface area contributed by atoms with Gasteiger partial charge in [0.05, 0.1) is 13.2 Å². The van der Waals surface area contributed by atoms with Gasteiger partial charge in [0, 0.05) is 29.6 Å². The summed E-state index contributed by atoms with van der Waals surface area (Å²) in [6, 6.07) is 25.8. The average molecular weight is 493 g/mol. The predicted octanol–water partition coefficient (Wildman–Crippen LogP) is 4.11. The third-order valence-electron chi connectivity index (χ3n) is 6.95. The maximum atomic E-state index is 13.5. The summed E-state index contributed by atoms with van der Waals surface area (Å²) in [7, 11) is 0. The Morgan fingerprint density at radius 1 is 1.00 bits per heavy atom. The van der Waals surface area contributed by atoms with Crippen molar-refractivity contribution in [2.24, 2.45) is 0 Å². The predicted molar refractivity (Wildman–Crippen MR) is 141 cm³/mol. The van der Waals surface area contributed by atoms with Crippen LogP contribution in [0.4, 0.5) is 0 Å². The summed E-state index contributed by atoms with van der Waals surface area (Å²) in [5.74, 6) is 1.42. The second kappa shape index (κ2) is 9.99. The summed E-state index contributed by atoms with van der Waals surface area (Å²) in [5.41, 5.74) is 4.93. The Labute approximate surface area is 214 Å². The molecule has 8 heteroatoms. The molecule has 3 heterocycles. The standard InChI is InChI=1S/C29H28N6O2/c1-2-37-24-12-13-26-23(16-24)17-25(29(36)30-26)27(34-15-14-21-10-6-7-11-22(21)19-34)28-31-32-33-35(28)18-20-8-4-3-5-9-20/h3-13,16-17,27H,2,14-15,18-19H2,1H3,(H,30,36)/t27-/m1/s1. The van der Waals surface area contributed by atoms with Crippen LogP contribution in [0, 0.1) is 0 Å². The fourth-order valence-corrected chi connectivity index (χ4v) is 5.17. The minimum absolute atomic E-state index is 0.144. The third kappa shape index (κ3) is 4.63. The van der Waals surface area contributed by atoms with Crippen LogP contribution in [0.15, 0.2) is 83.7 Å². The smallest absolute Gasteiger partial charge is 0.253 e. The first-order valence-corrected chi connectivity index (χ1v) is 12.6. The van der Waals surface area contributed by atoms with E-state index in [2.05, 4.69) is 61.8 Å². The van der Waals surface area contributed by atoms with Crippen LogP contribution in [0.2, 0.25) is 0 Å². The maximum Gasteiger partial charge on any atom is 0.253 e. The lowest BCUT2D eigenvalue weighted by Crippen LogP contribution is -2.38. The summed E-state index contributed by atoms with van der Waals surface area (Å²) in [6.07, 6.45) is 0.896. The second-order valence-electron chi connectivity index (χ2n) is 9.31. The first-order chi connectivity index (χ1) is 18.2. The van der Waals surface area contributed by atoms with Gasteiger partial charge < -0.3 is 9.72 Å². The highest BCUT2D eigenvalue weighted by molar-refractivity contribution is 5.80. The molecular weight excluding hydrogens is 464 g/mol. The SMILES string of the molecule is CCOc1ccc2[nH]c(=O)c([C@H](c3nnnn3Cc3ccccc3)N3CCc4ccccc4C3)cc2c1. The molecule has 1 N–H and O–H groups in total. The van der Waals surface area contributed by atoms with Crippen LogP contribution in [0.3, 0.4) is 0 Å². The Hall–Kier alpha value is -4.30. The number of ether oxygens (including phenoxy) is 1. The summed E-state index contributed by atoms with van der Waals surface area (Å²) in [6.45, 7) is 4.54. The van der Waals surface area contributed by atoms with Gasteiger partial charge in [0.15, 0.2) is 5.82 Å². The van der Waals surface area contributed by atoms with E-state index in [1.54, 1.807) is 4.68 Å². The van der Waals surface area contributed by atoms with E-state index < -0.39 is 6.04 Å². The van der Waals surface area contributed by atoms with E-state index >= 15 is 0 Å². The van der Waals surface area contributed by atoms with Gasteiger partial charge in [-0.2, -0.15) is 0 Å². The Morgan fingerprint density at radius 3 is 2.65 bits per heavy atom. The van der Waals surface area contributed by atoms with Gasteiger partial charge in [-0.1, -0.05) is 54.6 Å². The molecule has 0 bridgehead atoms. The van der Waals surface area contributed by atoms with Crippen LogP contribution in [0.1, 0.15) is 41.0 Å². The molecule has 0 saturated carbocycles. The number of tetrazole rings is 1. The van der Waals surface area contributed by atoms with Crippen molar-refractivity contribution in [3.63, 3.8) is 0 Å². The monoisotopic (exact) mass is 492 g/mol. The molecule has 0 amide bonds. The van der Waals surface area contributed by atoms with Gasteiger partial charge in [-0.05, 0) is 64.7 Å². The number of aromatic amines is 1. The number of nitrogens with zero attached hydrogens (tertiary/aromatic N) is 5. The number of aromatic nitrogens is 5. The zero-order valence-electron chi connectivity index (χ0n) is 20.7. The van der Waals surface area contributed by atoms with Crippen LogP contribution in [-0.2, 0) is 19.5 Å². The number of hydrogen-bond acceptors (Lipinski definition) is 6. The van der Waals surface area contributed by atoms with Gasteiger partial charge in [0.25, 0.3) is 5.56 Å². The fraction of sp³-hybridized carbons (Fsp3) is 0.241. The van der Waals surface area contributed by atoms with E-state index in [1.807, 2.05) is 49.4 Å². The van der Waals surface area contributed by atoms with Crippen molar-refractivity contribution in [2.75, 3.05) is 13.2 Å². The molecule has 0 unspecified atom stereocenters. The second-order valence-corrected chi connectivity index (χ2v) is 9.31. The molecule has 0 fully saturated rings. The van der Waals surface area contributed by atoms with Gasteiger partial charge in [-0.3, -0.25) is 9.69 Å². The molecule has 0 spiro atoms. The van der Waals surface area contributed by atoms with E-state index in [4.69, 9.17) is 4.74 Å². The van der Waals surface area contributed by atoms with Gasteiger partial charge >= 0.3 is 0 Å². The average Bonchev–Trinajstić information content (AvgIpc) is 3.37. The summed E-state index contributed by atoms with van der Waals surface area (Å²) >= 11 is 0. The van der Waals surface area contributed by atoms with Crippen LogP contribution in [0.5, 0.6) is 5.75 Å². The van der Waals surface area contributed by atoms with Crippen LogP contribution in [0.25, 0.3) is 10.9 Å². The lowest BCUT2D eigenvalue weighted by Gasteiger charge is -2.34. The van der Waals surface area contributed by atoms with Crippen molar-refractivity contribution >= 4 is 10.9 Å². The summed E-state index contributed by atoms with van der Waals surface area (Å²) < 4.78 is 7.53. The van der Waals surface area contributed by atoms with Gasteiger partial charge in [-0.15, -0.1) is 5.10 Å². The molecule has 0 radical (unpaired) electrons. The number of benzene rings is 3. The van der Waals surface area contributed by atoms with E-state index in [1.165, 1.54) is 11.1 Å². The molecule has 1 aliphatic rings. The first kappa shape index (κ1) is 23.1. The quantitative estimate of drug-likeness (QED) is 0.368. The van der Waals surface area contributed by atoms with Gasteiger partial charge in [-0.25, -0.2) is 4.68 Å². The number of nitrogens with one attached hydrogen (secondary N) is 1. The number of hydrogen-bond donors (Lipinski definition) is 1. The van der Waals surface area contributed by atoms with Crippen LogP contribution < -0.4 is 10.3 Å². The minimum atomic E-state index is -0.420. The van der Waals surface area contributed by atoms with Crippen molar-refractivity contribution in [1.82, 2.24) is 30.1 Å². The molecule has 5 aromatic rings. The number of H-pyrrole nitrogens is 1. The molecule has 6 rings (SSSR count). The third-order valence-corrected chi connectivity index (χ3v) is 6.95. The molecule has 8 nitrogen and oxygen atoms in total. The van der Waals surface area contributed by atoms with Crippen molar-refractivity contribution in [2.45, 2.75) is 32.5 Å². The molecule has 1 atom stereocenters. The Morgan fingerprint density at radius 2 is 1.81 bits per heavy atom. The topological polar surface area (TPSA) is 88.9 Å². The molecule has 2 aromatic heterocycles. The zero-order valence-corrected chi connectivity index (χ0v) is 20.7. The molecule has 0 aliphatic carbocycles. The Bertz CT molecular complexity index is 1590. The molecule has 0 saturated heterocycles. The van der Waals surface area contributed by atoms with Gasteiger partial charge in [0.2, 0.25) is 0 Å². The van der Waals surface area contributed by atoms with Crippen molar-refractivity contribution < 1.29 is 4.74 Å². The normalized spacial score (nSPS) is 14.4. The first-order valence-electron chi connectivity index (χ1n) is 12.6. The fourth-order valence-electron chi connectivity index (χ4n) is 5.17. The summed E-state index contributed by atoms with van der Waals surface area (Å²) in [5, 5.41) is 13.7. The molecule has 37 heavy (non-hydrogen) atoms. The van der Waals surface area contributed by atoms with Crippen LogP contribution >= 0.6 is 0 Å². The van der Waals surface area contributed by atoms with Crippen LogP contribution in [-0.4, -0.2) is 43.2 Å². The highest BCUT2D eigenvalue weighted by Gasteiger charge is 2.32. The summed E-state index contributed by atoms with van der Waals surface area (Å²) in [4.78, 5) is 18.9. The highest BCUT2D eigenvalue weighted by Crippen LogP contribution is 2.32. The Balaban J connectivity index is 1.48. The lowest BCUT2D eigenvalue weighted by atomic mass is 9.96. The van der Waals surface area contributed by atoms with E-state index in [9.17, 15) is 4.79 Å². The molecule has 3 aromatic carbocycles. The largest absolute Gasteiger partial charge is 0.494 e. The molecule has 186 valence electrons. The lowest BCUT2D eigenvalue weighted by molar-refractivity contribution is 0.194. The van der Waals surface area contributed by atoms with E-state index in [-0.39, 0.29) is 5.56 Å². The zero-order chi connectivity index (χ0) is 25.2. The maximum absolute atomic E-state index is 13.5. The van der Waals surface area contributed by atoms with E-state index in [0.717, 1.165) is 35.2 Å². The minimum Gasteiger partial charge on any atom is -0.494 e. The number of pyridine rings is 1. The van der Waals surface area contributed by atoms with Crippen molar-refractivity contribution in [3.8, 4) is 5.75 Å². The molecule has 1 aliphatic heterocycles. The highest BCUT2D eigenvalue weighted by atomic mass is 16.5. The van der Waals surface area contributed by atoms with Gasteiger partial charge in [0.1, 0.15) is 11.8 Å².